The van der Waals surface area contributed by atoms with E-state index in [9.17, 15) is 0 Å². The van der Waals surface area contributed by atoms with Crippen molar-refractivity contribution in [1.82, 2.24) is 10.3 Å². The lowest BCUT2D eigenvalue weighted by Gasteiger charge is -2.39. The van der Waals surface area contributed by atoms with E-state index in [1.54, 1.807) is 0 Å². The average Bonchev–Trinajstić information content (AvgIpc) is 2.55. The molecule has 0 aliphatic heterocycles. The summed E-state index contributed by atoms with van der Waals surface area (Å²) < 4.78 is 5.94. The SMILES string of the molecule is CCNC(c1ccc2ncccc2c1)C(CC)(CC)OC. The van der Waals surface area contributed by atoms with Crippen LogP contribution in [0.2, 0.25) is 0 Å². The van der Waals surface area contributed by atoms with E-state index in [0.29, 0.717) is 0 Å². The molecule has 0 spiro atoms. The fraction of sp³-hybridized carbons (Fsp3) is 0.500. The van der Waals surface area contributed by atoms with Gasteiger partial charge in [0, 0.05) is 18.7 Å². The van der Waals surface area contributed by atoms with Crippen LogP contribution in [-0.2, 0) is 4.74 Å². The van der Waals surface area contributed by atoms with Crippen molar-refractivity contribution in [3.63, 3.8) is 0 Å². The molecule has 0 aliphatic carbocycles. The van der Waals surface area contributed by atoms with Crippen molar-refractivity contribution >= 4 is 10.9 Å². The van der Waals surface area contributed by atoms with Crippen LogP contribution in [-0.4, -0.2) is 24.2 Å². The number of nitrogens with zero attached hydrogens (tertiary/aromatic N) is 1. The molecule has 0 aliphatic rings. The maximum absolute atomic E-state index is 5.94. The van der Waals surface area contributed by atoms with Crippen LogP contribution >= 0.6 is 0 Å². The van der Waals surface area contributed by atoms with Crippen LogP contribution in [0.5, 0.6) is 0 Å². The highest BCUT2D eigenvalue weighted by molar-refractivity contribution is 5.79. The Labute approximate surface area is 127 Å². The number of nitrogens with one attached hydrogen (secondary N) is 1. The quantitative estimate of drug-likeness (QED) is 0.832. The lowest BCUT2D eigenvalue weighted by Crippen LogP contribution is -2.44. The van der Waals surface area contributed by atoms with E-state index >= 15 is 0 Å². The van der Waals surface area contributed by atoms with Gasteiger partial charge in [-0.1, -0.05) is 32.9 Å². The summed E-state index contributed by atoms with van der Waals surface area (Å²) in [4.78, 5) is 4.40. The predicted octanol–water partition coefficient (Wildman–Crippen LogP) is 4.09. The first-order chi connectivity index (χ1) is 10.2. The highest BCUT2D eigenvalue weighted by atomic mass is 16.5. The van der Waals surface area contributed by atoms with Gasteiger partial charge in [-0.05, 0) is 43.1 Å². The largest absolute Gasteiger partial charge is 0.376 e. The molecule has 2 aromatic rings. The molecule has 0 amide bonds. The molecule has 0 saturated carbocycles. The summed E-state index contributed by atoms with van der Waals surface area (Å²) in [7, 11) is 1.82. The van der Waals surface area contributed by atoms with E-state index in [4.69, 9.17) is 4.74 Å². The van der Waals surface area contributed by atoms with Gasteiger partial charge in [-0.2, -0.15) is 0 Å². The van der Waals surface area contributed by atoms with E-state index in [2.05, 4.69) is 55.3 Å². The minimum Gasteiger partial charge on any atom is -0.376 e. The number of likely N-dealkylation sites (N-methyl/N-ethyl adjacent to an activating group) is 1. The van der Waals surface area contributed by atoms with Crippen molar-refractivity contribution < 1.29 is 4.74 Å². The summed E-state index contributed by atoms with van der Waals surface area (Å²) in [5, 5.41) is 4.79. The predicted molar refractivity (Wildman–Crippen MR) is 88.5 cm³/mol. The molecule has 1 N–H and O–H groups in total. The Hall–Kier alpha value is -1.45. The minimum absolute atomic E-state index is 0.175. The van der Waals surface area contributed by atoms with Gasteiger partial charge in [-0.25, -0.2) is 0 Å². The third-order valence-corrected chi connectivity index (χ3v) is 4.50. The van der Waals surface area contributed by atoms with Crippen LogP contribution in [0.3, 0.4) is 0 Å². The highest BCUT2D eigenvalue weighted by Gasteiger charge is 2.36. The number of benzene rings is 1. The van der Waals surface area contributed by atoms with Crippen molar-refractivity contribution in [2.24, 2.45) is 0 Å². The maximum atomic E-state index is 5.94. The number of hydrogen-bond donors (Lipinski definition) is 1. The Morgan fingerprint density at radius 3 is 2.57 bits per heavy atom. The highest BCUT2D eigenvalue weighted by Crippen LogP contribution is 2.35. The van der Waals surface area contributed by atoms with Gasteiger partial charge in [-0.15, -0.1) is 0 Å². The molecular formula is C18H26N2O. The fourth-order valence-corrected chi connectivity index (χ4v) is 3.15. The van der Waals surface area contributed by atoms with Crippen LogP contribution in [0, 0.1) is 0 Å². The van der Waals surface area contributed by atoms with Gasteiger partial charge in [-0.3, -0.25) is 4.98 Å². The summed E-state index contributed by atoms with van der Waals surface area (Å²) in [5.74, 6) is 0. The summed E-state index contributed by atoms with van der Waals surface area (Å²) in [5.41, 5.74) is 2.13. The third kappa shape index (κ3) is 3.09. The number of methoxy groups -OCH3 is 1. The van der Waals surface area contributed by atoms with Crippen LogP contribution in [0.1, 0.15) is 45.2 Å². The van der Waals surface area contributed by atoms with Crippen molar-refractivity contribution in [3.8, 4) is 0 Å². The molecule has 114 valence electrons. The van der Waals surface area contributed by atoms with Gasteiger partial charge >= 0.3 is 0 Å². The fourth-order valence-electron chi connectivity index (χ4n) is 3.15. The van der Waals surface area contributed by atoms with E-state index in [1.165, 1.54) is 10.9 Å². The molecule has 0 saturated heterocycles. The zero-order valence-electron chi connectivity index (χ0n) is 13.5. The third-order valence-electron chi connectivity index (χ3n) is 4.50. The Morgan fingerprint density at radius 2 is 1.95 bits per heavy atom. The molecular weight excluding hydrogens is 260 g/mol. The van der Waals surface area contributed by atoms with Gasteiger partial charge in [0.2, 0.25) is 0 Å². The van der Waals surface area contributed by atoms with Crippen LogP contribution in [0.15, 0.2) is 36.5 Å². The van der Waals surface area contributed by atoms with Crippen molar-refractivity contribution in [2.75, 3.05) is 13.7 Å². The molecule has 0 radical (unpaired) electrons. The second-order valence-corrected chi connectivity index (χ2v) is 5.42. The van der Waals surface area contributed by atoms with Gasteiger partial charge in [0.1, 0.15) is 0 Å². The molecule has 1 aromatic carbocycles. The Balaban J connectivity index is 2.48. The molecule has 3 heteroatoms. The lowest BCUT2D eigenvalue weighted by atomic mass is 9.83. The summed E-state index contributed by atoms with van der Waals surface area (Å²) in [6.45, 7) is 7.45. The molecule has 1 unspecified atom stereocenters. The van der Waals surface area contributed by atoms with E-state index in [-0.39, 0.29) is 11.6 Å². The van der Waals surface area contributed by atoms with E-state index in [0.717, 1.165) is 24.9 Å². The van der Waals surface area contributed by atoms with Gasteiger partial charge < -0.3 is 10.1 Å². The van der Waals surface area contributed by atoms with Gasteiger partial charge in [0.15, 0.2) is 0 Å². The molecule has 1 heterocycles. The molecule has 3 nitrogen and oxygen atoms in total. The first-order valence-electron chi connectivity index (χ1n) is 7.84. The first-order valence-corrected chi connectivity index (χ1v) is 7.84. The van der Waals surface area contributed by atoms with Gasteiger partial charge in [0.05, 0.1) is 17.2 Å². The second kappa shape index (κ2) is 7.01. The lowest BCUT2D eigenvalue weighted by molar-refractivity contribution is -0.0482. The van der Waals surface area contributed by atoms with Crippen molar-refractivity contribution in [1.29, 1.82) is 0 Å². The first kappa shape index (κ1) is 15.9. The number of aromatic nitrogens is 1. The number of pyridine rings is 1. The molecule has 21 heavy (non-hydrogen) atoms. The zero-order chi connectivity index (χ0) is 15.3. The van der Waals surface area contributed by atoms with Gasteiger partial charge in [0.25, 0.3) is 0 Å². The van der Waals surface area contributed by atoms with Crippen molar-refractivity contribution in [2.45, 2.75) is 45.3 Å². The molecule has 0 fully saturated rings. The standard InChI is InChI=1S/C18H26N2O/c1-5-18(6-2,21-4)17(19-7-3)15-10-11-16-14(13-15)9-8-12-20-16/h8-13,17,19H,5-7H2,1-4H3. The van der Waals surface area contributed by atoms with Crippen LogP contribution in [0.4, 0.5) is 0 Å². The molecule has 0 bridgehead atoms. The normalized spacial score (nSPS) is 13.5. The topological polar surface area (TPSA) is 34.2 Å². The monoisotopic (exact) mass is 286 g/mol. The van der Waals surface area contributed by atoms with Crippen molar-refractivity contribution in [3.05, 3.63) is 42.1 Å². The summed E-state index contributed by atoms with van der Waals surface area (Å²) in [6, 6.07) is 10.8. The number of fused-ring (bicyclic) bond motifs is 1. The average molecular weight is 286 g/mol. The smallest absolute Gasteiger partial charge is 0.0867 e. The molecule has 1 aromatic heterocycles. The van der Waals surface area contributed by atoms with Crippen LogP contribution in [0.25, 0.3) is 10.9 Å². The maximum Gasteiger partial charge on any atom is 0.0867 e. The van der Waals surface area contributed by atoms with E-state index in [1.807, 2.05) is 19.4 Å². The van der Waals surface area contributed by atoms with Crippen LogP contribution < -0.4 is 5.32 Å². The Bertz CT molecular complexity index is 570. The zero-order valence-corrected chi connectivity index (χ0v) is 13.5. The summed E-state index contributed by atoms with van der Waals surface area (Å²) in [6.07, 6.45) is 3.78. The Morgan fingerprint density at radius 1 is 1.19 bits per heavy atom. The Kier molecular flexibility index (Phi) is 5.32. The van der Waals surface area contributed by atoms with E-state index < -0.39 is 0 Å². The summed E-state index contributed by atoms with van der Waals surface area (Å²) >= 11 is 0. The molecule has 1 atom stereocenters. The number of ether oxygens (including phenoxy) is 1. The minimum atomic E-state index is -0.175. The number of rotatable bonds is 7. The second-order valence-electron chi connectivity index (χ2n) is 5.42. The number of hydrogen-bond acceptors (Lipinski definition) is 3. The molecule has 2 rings (SSSR count).